The number of nitrogens with zero attached hydrogens (tertiary/aromatic N) is 3. The van der Waals surface area contributed by atoms with Gasteiger partial charge in [-0.25, -0.2) is 4.68 Å². The first kappa shape index (κ1) is 22.5. The van der Waals surface area contributed by atoms with Gasteiger partial charge in [0.2, 0.25) is 11.8 Å². The van der Waals surface area contributed by atoms with E-state index in [0.717, 1.165) is 11.6 Å². The van der Waals surface area contributed by atoms with Crippen molar-refractivity contribution in [2.75, 3.05) is 31.5 Å². The highest BCUT2D eigenvalue weighted by Gasteiger charge is 2.38. The minimum absolute atomic E-state index is 0.00956. The second-order valence-corrected chi connectivity index (χ2v) is 15.5. The second-order valence-electron chi connectivity index (χ2n) is 9.07. The average Bonchev–Trinajstić information content (AvgIpc) is 3.39. The summed E-state index contributed by atoms with van der Waals surface area (Å²) in [7, 11) is -1.16. The van der Waals surface area contributed by atoms with E-state index in [2.05, 4.69) is 24.7 Å². The van der Waals surface area contributed by atoms with E-state index in [1.807, 2.05) is 0 Å². The Morgan fingerprint density at radius 2 is 2.10 bits per heavy atom. The van der Waals surface area contributed by atoms with Gasteiger partial charge in [0.1, 0.15) is 18.0 Å². The monoisotopic (exact) mass is 483 g/mol. The number of amides is 1. The van der Waals surface area contributed by atoms with Crippen LogP contribution in [0.2, 0.25) is 35.7 Å². The van der Waals surface area contributed by atoms with Crippen molar-refractivity contribution < 1.29 is 19.0 Å². The number of anilines is 1. The van der Waals surface area contributed by atoms with Gasteiger partial charge >= 0.3 is 0 Å². The highest BCUT2D eigenvalue weighted by molar-refractivity contribution is 6.76. The Bertz CT molecular complexity index is 976. The van der Waals surface area contributed by atoms with E-state index in [-0.39, 0.29) is 18.6 Å². The van der Waals surface area contributed by atoms with E-state index >= 15 is 0 Å². The molecular formula is C21H27Cl2N3O4Si. The zero-order valence-electron chi connectivity index (χ0n) is 18.0. The summed E-state index contributed by atoms with van der Waals surface area (Å²) in [6.45, 7) is 9.41. The molecule has 1 fully saturated rings. The van der Waals surface area contributed by atoms with Crippen LogP contribution in [0, 0.1) is 0 Å². The van der Waals surface area contributed by atoms with Crippen LogP contribution < -0.4 is 14.4 Å². The highest BCUT2D eigenvalue weighted by Crippen LogP contribution is 2.44. The number of carbonyl (C=O) groups excluding carboxylic acids is 1. The summed E-state index contributed by atoms with van der Waals surface area (Å²) in [5, 5.41) is 5.16. The first-order chi connectivity index (χ1) is 14.7. The molecule has 1 aromatic carbocycles. The van der Waals surface area contributed by atoms with Crippen molar-refractivity contribution in [2.45, 2.75) is 44.6 Å². The van der Waals surface area contributed by atoms with E-state index in [1.54, 1.807) is 27.9 Å². The van der Waals surface area contributed by atoms with Crippen molar-refractivity contribution in [1.29, 1.82) is 0 Å². The maximum Gasteiger partial charge on any atom is 0.236 e. The Hall–Kier alpha value is -1.74. The Kier molecular flexibility index (Phi) is 6.53. The summed E-state index contributed by atoms with van der Waals surface area (Å²) in [6.07, 6.45) is 1.98. The normalized spacial score (nSPS) is 18.4. The first-order valence-electron chi connectivity index (χ1n) is 10.4. The van der Waals surface area contributed by atoms with Crippen LogP contribution in [-0.4, -0.2) is 50.3 Å². The predicted octanol–water partition coefficient (Wildman–Crippen LogP) is 4.79. The average molecular weight is 484 g/mol. The fourth-order valence-electron chi connectivity index (χ4n) is 3.82. The zero-order valence-corrected chi connectivity index (χ0v) is 20.5. The standard InChI is InChI=1S/C21H27Cl2N3O4Si/c1-31(2,3)9-8-28-13-30-17-5-4-15(22)20(23)19(17)14-10-18(27)25(12-14)16-11-24-26-6-7-29-21(16)26/h4-5,11,14H,6-10,12-13H2,1-3H3. The molecule has 2 aliphatic heterocycles. The summed E-state index contributed by atoms with van der Waals surface area (Å²) in [6, 6.07) is 4.56. The van der Waals surface area contributed by atoms with Gasteiger partial charge in [-0.3, -0.25) is 4.79 Å². The molecular weight excluding hydrogens is 457 g/mol. The Labute approximate surface area is 193 Å². The third kappa shape index (κ3) is 4.87. The van der Waals surface area contributed by atoms with Crippen LogP contribution in [0.3, 0.4) is 0 Å². The molecule has 0 radical (unpaired) electrons. The van der Waals surface area contributed by atoms with Gasteiger partial charge in [0.05, 0.1) is 22.8 Å². The molecule has 0 bridgehead atoms. The van der Waals surface area contributed by atoms with E-state index < -0.39 is 8.07 Å². The van der Waals surface area contributed by atoms with Crippen molar-refractivity contribution in [3.05, 3.63) is 33.9 Å². The van der Waals surface area contributed by atoms with Crippen molar-refractivity contribution >= 4 is 42.9 Å². The number of benzene rings is 1. The van der Waals surface area contributed by atoms with Crippen molar-refractivity contribution in [3.63, 3.8) is 0 Å². The molecule has 1 aromatic heterocycles. The molecule has 0 saturated carbocycles. The predicted molar refractivity (Wildman–Crippen MR) is 123 cm³/mol. The highest BCUT2D eigenvalue weighted by atomic mass is 35.5. The van der Waals surface area contributed by atoms with Gasteiger partial charge in [0.15, 0.2) is 6.79 Å². The number of fused-ring (bicyclic) bond motifs is 1. The van der Waals surface area contributed by atoms with Gasteiger partial charge in [-0.05, 0) is 18.2 Å². The molecule has 0 spiro atoms. The van der Waals surface area contributed by atoms with Crippen LogP contribution in [0.1, 0.15) is 17.9 Å². The molecule has 1 atom stereocenters. The number of aromatic nitrogens is 2. The lowest BCUT2D eigenvalue weighted by atomic mass is 9.97. The van der Waals surface area contributed by atoms with Crippen LogP contribution in [0.15, 0.2) is 18.3 Å². The fourth-order valence-corrected chi connectivity index (χ4v) is 5.05. The minimum Gasteiger partial charge on any atom is -0.474 e. The van der Waals surface area contributed by atoms with E-state index in [1.165, 1.54) is 0 Å². The summed E-state index contributed by atoms with van der Waals surface area (Å²) in [4.78, 5) is 14.6. The van der Waals surface area contributed by atoms with Gasteiger partial charge in [-0.15, -0.1) is 0 Å². The van der Waals surface area contributed by atoms with Crippen molar-refractivity contribution in [1.82, 2.24) is 9.78 Å². The van der Waals surface area contributed by atoms with Crippen LogP contribution in [0.4, 0.5) is 5.69 Å². The molecule has 168 valence electrons. The molecule has 3 heterocycles. The van der Waals surface area contributed by atoms with Gasteiger partial charge in [0, 0.05) is 39.1 Å². The summed E-state index contributed by atoms with van der Waals surface area (Å²) in [5.41, 5.74) is 1.43. The van der Waals surface area contributed by atoms with E-state index in [0.29, 0.717) is 60.1 Å². The summed E-state index contributed by atoms with van der Waals surface area (Å²) in [5.74, 6) is 1.06. The second kappa shape index (κ2) is 9.01. The zero-order chi connectivity index (χ0) is 22.2. The topological polar surface area (TPSA) is 65.8 Å². The number of ether oxygens (including phenoxy) is 3. The molecule has 1 amide bonds. The molecule has 0 N–H and O–H groups in total. The first-order valence-corrected chi connectivity index (χ1v) is 14.9. The van der Waals surface area contributed by atoms with Gasteiger partial charge < -0.3 is 19.1 Å². The molecule has 2 aliphatic rings. The summed E-state index contributed by atoms with van der Waals surface area (Å²) < 4.78 is 19.0. The molecule has 1 unspecified atom stereocenters. The van der Waals surface area contributed by atoms with E-state index in [4.69, 9.17) is 37.4 Å². The molecule has 1 saturated heterocycles. The van der Waals surface area contributed by atoms with Crippen LogP contribution in [0.5, 0.6) is 11.6 Å². The molecule has 0 aliphatic carbocycles. The maximum absolute atomic E-state index is 12.9. The Balaban J connectivity index is 1.49. The lowest BCUT2D eigenvalue weighted by molar-refractivity contribution is -0.117. The quantitative estimate of drug-likeness (QED) is 0.306. The SMILES string of the molecule is C[Si](C)(C)CCOCOc1ccc(Cl)c(Cl)c1C1CC(=O)N(c2cnn3c2OCC3)C1. The van der Waals surface area contributed by atoms with Crippen molar-refractivity contribution in [3.8, 4) is 11.6 Å². The summed E-state index contributed by atoms with van der Waals surface area (Å²) >= 11 is 12.9. The molecule has 4 rings (SSSR count). The molecule has 7 nitrogen and oxygen atoms in total. The number of hydrogen-bond donors (Lipinski definition) is 0. The lowest BCUT2D eigenvalue weighted by Gasteiger charge is -2.20. The maximum atomic E-state index is 12.9. The Morgan fingerprint density at radius 3 is 2.87 bits per heavy atom. The number of halogens is 2. The van der Waals surface area contributed by atoms with Crippen LogP contribution in [0.25, 0.3) is 0 Å². The largest absolute Gasteiger partial charge is 0.474 e. The minimum atomic E-state index is -1.16. The third-order valence-electron chi connectivity index (χ3n) is 5.53. The Morgan fingerprint density at radius 1 is 1.29 bits per heavy atom. The van der Waals surface area contributed by atoms with Crippen LogP contribution >= 0.6 is 23.2 Å². The van der Waals surface area contributed by atoms with E-state index in [9.17, 15) is 4.79 Å². The van der Waals surface area contributed by atoms with Gasteiger partial charge in [-0.2, -0.15) is 5.10 Å². The van der Waals surface area contributed by atoms with Crippen LogP contribution in [-0.2, 0) is 16.1 Å². The van der Waals surface area contributed by atoms with Gasteiger partial charge in [-0.1, -0.05) is 42.8 Å². The number of carbonyl (C=O) groups is 1. The van der Waals surface area contributed by atoms with Crippen molar-refractivity contribution in [2.24, 2.45) is 0 Å². The third-order valence-corrected chi connectivity index (χ3v) is 8.05. The smallest absolute Gasteiger partial charge is 0.236 e. The lowest BCUT2D eigenvalue weighted by Crippen LogP contribution is -2.24. The molecule has 2 aromatic rings. The van der Waals surface area contributed by atoms with Gasteiger partial charge in [0.25, 0.3) is 0 Å². The number of rotatable bonds is 8. The fraction of sp³-hybridized carbons (Fsp3) is 0.524. The molecule has 31 heavy (non-hydrogen) atoms. The number of hydrogen-bond acceptors (Lipinski definition) is 5. The molecule has 10 heteroatoms.